The fourth-order valence-corrected chi connectivity index (χ4v) is 1.99. The summed E-state index contributed by atoms with van der Waals surface area (Å²) >= 11 is 0. The molecule has 0 spiro atoms. The third-order valence-electron chi connectivity index (χ3n) is 2.86. The number of benzene rings is 1. The molecule has 0 fully saturated rings. The van der Waals surface area contributed by atoms with Crippen LogP contribution in [0.1, 0.15) is 38.8 Å². The van der Waals surface area contributed by atoms with Crippen LogP contribution in [0.15, 0.2) is 36.8 Å². The van der Waals surface area contributed by atoms with Gasteiger partial charge in [-0.2, -0.15) is 0 Å². The highest BCUT2D eigenvalue weighted by atomic mass is 16.7. The molecule has 0 aromatic heterocycles. The topological polar surface area (TPSA) is 44.8 Å². The van der Waals surface area contributed by atoms with Gasteiger partial charge in [-0.1, -0.05) is 18.2 Å². The van der Waals surface area contributed by atoms with Gasteiger partial charge in [0.2, 0.25) is 0 Å². The Hall–Kier alpha value is -1.97. The number of esters is 1. The molecule has 1 aromatic carbocycles. The summed E-state index contributed by atoms with van der Waals surface area (Å²) in [6.07, 6.45) is 3.26. The van der Waals surface area contributed by atoms with E-state index < -0.39 is 11.4 Å². The number of hydrogen-bond donors (Lipinski definition) is 0. The zero-order valence-corrected chi connectivity index (χ0v) is 12.3. The lowest BCUT2D eigenvalue weighted by Crippen LogP contribution is -2.25. The van der Waals surface area contributed by atoms with E-state index in [0.29, 0.717) is 0 Å². The molecule has 1 aliphatic heterocycles. The lowest BCUT2D eigenvalue weighted by molar-refractivity contribution is -0.154. The van der Waals surface area contributed by atoms with Crippen molar-refractivity contribution in [2.45, 2.75) is 45.5 Å². The summed E-state index contributed by atoms with van der Waals surface area (Å²) in [6.45, 7) is 7.40. The summed E-state index contributed by atoms with van der Waals surface area (Å²) in [7, 11) is 0. The van der Waals surface area contributed by atoms with Crippen molar-refractivity contribution in [3.8, 4) is 0 Å². The van der Waals surface area contributed by atoms with Crippen LogP contribution in [0.3, 0.4) is 0 Å². The lowest BCUT2D eigenvalue weighted by Gasteiger charge is -2.24. The largest absolute Gasteiger partial charge is 0.460 e. The molecule has 0 saturated heterocycles. The Bertz CT molecular complexity index is 518. The summed E-state index contributed by atoms with van der Waals surface area (Å²) in [6, 6.07) is 7.58. The second-order valence-electron chi connectivity index (χ2n) is 5.92. The van der Waals surface area contributed by atoms with Crippen LogP contribution >= 0.6 is 0 Å². The molecule has 1 heterocycles. The van der Waals surface area contributed by atoms with E-state index in [-0.39, 0.29) is 12.4 Å². The van der Waals surface area contributed by atoms with Gasteiger partial charge in [-0.3, -0.25) is 4.79 Å². The van der Waals surface area contributed by atoms with Crippen molar-refractivity contribution in [2.75, 3.05) is 0 Å². The quantitative estimate of drug-likeness (QED) is 0.795. The molecular formula is C16H20O4. The van der Waals surface area contributed by atoms with Gasteiger partial charge in [0.05, 0.1) is 6.42 Å². The molecule has 1 aromatic rings. The van der Waals surface area contributed by atoms with Crippen molar-refractivity contribution in [3.63, 3.8) is 0 Å². The van der Waals surface area contributed by atoms with Gasteiger partial charge in [-0.15, -0.1) is 0 Å². The van der Waals surface area contributed by atoms with Crippen LogP contribution in [0.2, 0.25) is 0 Å². The van der Waals surface area contributed by atoms with E-state index in [1.165, 1.54) is 12.5 Å². The molecule has 0 saturated carbocycles. The second kappa shape index (κ2) is 5.19. The molecule has 2 rings (SSSR count). The van der Waals surface area contributed by atoms with Gasteiger partial charge in [0.25, 0.3) is 5.79 Å². The molecule has 20 heavy (non-hydrogen) atoms. The number of carbonyl (C=O) groups excluding carboxylic acids is 1. The van der Waals surface area contributed by atoms with Gasteiger partial charge >= 0.3 is 5.97 Å². The molecule has 0 aliphatic carbocycles. The molecule has 0 N–H and O–H groups in total. The van der Waals surface area contributed by atoms with Crippen molar-refractivity contribution < 1.29 is 19.0 Å². The average molecular weight is 276 g/mol. The Morgan fingerprint density at radius 3 is 2.50 bits per heavy atom. The van der Waals surface area contributed by atoms with E-state index in [9.17, 15) is 4.79 Å². The predicted molar refractivity (Wildman–Crippen MR) is 74.7 cm³/mol. The SMILES string of the molecule is CC(C)(C)OC(=O)Cc1cccc(C2(C)OC=CO2)c1. The van der Waals surface area contributed by atoms with Crippen LogP contribution in [-0.2, 0) is 31.2 Å². The van der Waals surface area contributed by atoms with Crippen LogP contribution in [0, 0.1) is 0 Å². The van der Waals surface area contributed by atoms with Crippen molar-refractivity contribution in [2.24, 2.45) is 0 Å². The Kier molecular flexibility index (Phi) is 3.75. The minimum atomic E-state index is -0.816. The maximum atomic E-state index is 11.8. The zero-order valence-electron chi connectivity index (χ0n) is 12.3. The highest BCUT2D eigenvalue weighted by Gasteiger charge is 2.32. The standard InChI is InChI=1S/C16H20O4/c1-15(2,3)20-14(17)11-12-6-5-7-13(10-12)16(4)18-8-9-19-16/h5-10H,11H2,1-4H3. The molecule has 0 radical (unpaired) electrons. The van der Waals surface area contributed by atoms with Gasteiger partial charge in [0.15, 0.2) is 0 Å². The lowest BCUT2D eigenvalue weighted by atomic mass is 10.0. The van der Waals surface area contributed by atoms with E-state index in [1.54, 1.807) is 0 Å². The van der Waals surface area contributed by atoms with Gasteiger partial charge in [0, 0.05) is 12.5 Å². The third kappa shape index (κ3) is 3.53. The van der Waals surface area contributed by atoms with Crippen molar-refractivity contribution in [1.82, 2.24) is 0 Å². The molecule has 108 valence electrons. The summed E-state index contributed by atoms with van der Waals surface area (Å²) in [4.78, 5) is 11.8. The Morgan fingerprint density at radius 2 is 1.90 bits per heavy atom. The van der Waals surface area contributed by atoms with Gasteiger partial charge in [-0.05, 0) is 32.4 Å². The summed E-state index contributed by atoms with van der Waals surface area (Å²) in [5.41, 5.74) is 1.27. The first kappa shape index (κ1) is 14.4. The van der Waals surface area contributed by atoms with E-state index in [2.05, 4.69) is 0 Å². The molecule has 4 heteroatoms. The summed E-state index contributed by atoms with van der Waals surface area (Å²) in [5.74, 6) is -1.06. The van der Waals surface area contributed by atoms with Crippen molar-refractivity contribution >= 4 is 5.97 Å². The van der Waals surface area contributed by atoms with Crippen LogP contribution in [0.5, 0.6) is 0 Å². The fourth-order valence-electron chi connectivity index (χ4n) is 1.99. The van der Waals surface area contributed by atoms with E-state index in [1.807, 2.05) is 52.0 Å². The van der Waals surface area contributed by atoms with Crippen LogP contribution in [0.4, 0.5) is 0 Å². The van der Waals surface area contributed by atoms with Crippen molar-refractivity contribution in [3.05, 3.63) is 47.9 Å². The minimum Gasteiger partial charge on any atom is -0.460 e. The predicted octanol–water partition coefficient (Wildman–Crippen LogP) is 3.26. The first-order valence-electron chi connectivity index (χ1n) is 6.60. The molecule has 1 aliphatic rings. The first-order valence-corrected chi connectivity index (χ1v) is 6.60. The second-order valence-corrected chi connectivity index (χ2v) is 5.92. The van der Waals surface area contributed by atoms with Gasteiger partial charge in [0.1, 0.15) is 18.1 Å². The Balaban J connectivity index is 2.09. The van der Waals surface area contributed by atoms with E-state index >= 15 is 0 Å². The fraction of sp³-hybridized carbons (Fsp3) is 0.438. The number of ether oxygens (including phenoxy) is 3. The normalized spacial score (nSPS) is 16.4. The van der Waals surface area contributed by atoms with Crippen LogP contribution in [0.25, 0.3) is 0 Å². The summed E-state index contributed by atoms with van der Waals surface area (Å²) < 4.78 is 16.2. The molecule has 0 unspecified atom stereocenters. The molecule has 0 amide bonds. The van der Waals surface area contributed by atoms with E-state index in [4.69, 9.17) is 14.2 Å². The molecule has 0 atom stereocenters. The summed E-state index contributed by atoms with van der Waals surface area (Å²) in [5, 5.41) is 0. The molecule has 4 nitrogen and oxygen atoms in total. The Labute approximate surface area is 119 Å². The number of rotatable bonds is 3. The first-order chi connectivity index (χ1) is 9.28. The highest BCUT2D eigenvalue weighted by Crippen LogP contribution is 2.31. The Morgan fingerprint density at radius 1 is 1.25 bits per heavy atom. The van der Waals surface area contributed by atoms with E-state index in [0.717, 1.165) is 11.1 Å². The van der Waals surface area contributed by atoms with Crippen molar-refractivity contribution in [1.29, 1.82) is 0 Å². The smallest absolute Gasteiger partial charge is 0.310 e. The number of carbonyl (C=O) groups is 1. The van der Waals surface area contributed by atoms with Gasteiger partial charge in [-0.25, -0.2) is 0 Å². The average Bonchev–Trinajstić information content (AvgIpc) is 2.75. The number of hydrogen-bond acceptors (Lipinski definition) is 4. The third-order valence-corrected chi connectivity index (χ3v) is 2.86. The maximum Gasteiger partial charge on any atom is 0.310 e. The van der Waals surface area contributed by atoms with Crippen LogP contribution < -0.4 is 0 Å². The van der Waals surface area contributed by atoms with Crippen LogP contribution in [-0.4, -0.2) is 11.6 Å². The minimum absolute atomic E-state index is 0.231. The monoisotopic (exact) mass is 276 g/mol. The van der Waals surface area contributed by atoms with Gasteiger partial charge < -0.3 is 14.2 Å². The zero-order chi connectivity index (χ0) is 14.8. The molecular weight excluding hydrogens is 256 g/mol. The highest BCUT2D eigenvalue weighted by molar-refractivity contribution is 5.73. The molecule has 0 bridgehead atoms. The maximum absolute atomic E-state index is 11.8.